The number of aryl methyl sites for hydroxylation is 1. The van der Waals surface area contributed by atoms with Gasteiger partial charge in [-0.1, -0.05) is 39.0 Å². The summed E-state index contributed by atoms with van der Waals surface area (Å²) in [4.78, 5) is 23.6. The van der Waals surface area contributed by atoms with Gasteiger partial charge in [0.05, 0.1) is 0 Å². The van der Waals surface area contributed by atoms with E-state index in [-0.39, 0.29) is 22.6 Å². The number of nitrogens with zero attached hydrogens (tertiary/aromatic N) is 2. The molecule has 1 amide bonds. The molecule has 0 aliphatic carbocycles. The summed E-state index contributed by atoms with van der Waals surface area (Å²) < 4.78 is 1.14. The normalized spacial score (nSPS) is 11.2. The highest BCUT2D eigenvalue weighted by Crippen LogP contribution is 2.29. The van der Waals surface area contributed by atoms with E-state index in [1.165, 1.54) is 19.2 Å². The maximum absolute atomic E-state index is 12.3. The van der Waals surface area contributed by atoms with Crippen molar-refractivity contribution >= 4 is 11.6 Å². The molecule has 0 aliphatic heterocycles. The molecule has 2 rings (SSSR count). The zero-order chi connectivity index (χ0) is 15.6. The van der Waals surface area contributed by atoms with Crippen LogP contribution in [0, 0.1) is 0 Å². The third-order valence-corrected chi connectivity index (χ3v) is 3.18. The van der Waals surface area contributed by atoms with Gasteiger partial charge in [-0.15, -0.1) is 0 Å². The molecule has 0 atom stereocenters. The van der Waals surface area contributed by atoms with E-state index in [4.69, 9.17) is 0 Å². The summed E-state index contributed by atoms with van der Waals surface area (Å²) in [5.41, 5.74) is 1.68. The van der Waals surface area contributed by atoms with Crippen LogP contribution in [-0.2, 0) is 12.5 Å². The molecule has 0 saturated carbocycles. The standard InChI is InChI=1S/C16H19N3O2/c1-16(2,3)11-7-5-6-8-12(11)17-15(21)13-9-10-14(20)19(4)18-13/h5-10H,1-4H3,(H,17,21). The molecule has 110 valence electrons. The first kappa shape index (κ1) is 15.0. The number of hydrogen-bond donors (Lipinski definition) is 1. The minimum Gasteiger partial charge on any atom is -0.320 e. The Morgan fingerprint density at radius 1 is 1.14 bits per heavy atom. The summed E-state index contributed by atoms with van der Waals surface area (Å²) in [7, 11) is 1.52. The lowest BCUT2D eigenvalue weighted by Crippen LogP contribution is -2.24. The molecule has 0 bridgehead atoms. The third-order valence-electron chi connectivity index (χ3n) is 3.18. The van der Waals surface area contributed by atoms with Crippen LogP contribution in [0.1, 0.15) is 36.8 Å². The van der Waals surface area contributed by atoms with Crippen LogP contribution in [0.3, 0.4) is 0 Å². The molecule has 21 heavy (non-hydrogen) atoms. The lowest BCUT2D eigenvalue weighted by molar-refractivity contribution is 0.102. The number of benzene rings is 1. The van der Waals surface area contributed by atoms with Crippen molar-refractivity contribution in [1.82, 2.24) is 9.78 Å². The molecule has 0 saturated heterocycles. The first-order chi connectivity index (χ1) is 9.79. The Labute approximate surface area is 123 Å². The van der Waals surface area contributed by atoms with Crippen molar-refractivity contribution in [3.8, 4) is 0 Å². The molecule has 5 heteroatoms. The largest absolute Gasteiger partial charge is 0.320 e. The van der Waals surface area contributed by atoms with Gasteiger partial charge in [0.25, 0.3) is 11.5 Å². The molecule has 0 fully saturated rings. The minimum absolute atomic E-state index is 0.0825. The number of hydrogen-bond acceptors (Lipinski definition) is 3. The number of aromatic nitrogens is 2. The van der Waals surface area contributed by atoms with Gasteiger partial charge >= 0.3 is 0 Å². The lowest BCUT2D eigenvalue weighted by atomic mass is 9.86. The molecule has 0 unspecified atom stereocenters. The molecule has 1 aromatic carbocycles. The van der Waals surface area contributed by atoms with Crippen LogP contribution in [0.4, 0.5) is 5.69 Å². The predicted molar refractivity (Wildman–Crippen MR) is 82.6 cm³/mol. The number of para-hydroxylation sites is 1. The molecule has 2 aromatic rings. The Hall–Kier alpha value is -2.43. The van der Waals surface area contributed by atoms with Gasteiger partial charge in [0.15, 0.2) is 0 Å². The summed E-state index contributed by atoms with van der Waals surface area (Å²) in [5.74, 6) is -0.331. The van der Waals surface area contributed by atoms with E-state index in [1.54, 1.807) is 0 Å². The fourth-order valence-corrected chi connectivity index (χ4v) is 2.06. The van der Waals surface area contributed by atoms with Gasteiger partial charge in [-0.05, 0) is 23.1 Å². The van der Waals surface area contributed by atoms with E-state index in [1.807, 2.05) is 24.3 Å². The van der Waals surface area contributed by atoms with Crippen LogP contribution >= 0.6 is 0 Å². The van der Waals surface area contributed by atoms with Crippen molar-refractivity contribution in [2.24, 2.45) is 7.05 Å². The van der Waals surface area contributed by atoms with Crippen LogP contribution in [0.2, 0.25) is 0 Å². The van der Waals surface area contributed by atoms with Crippen LogP contribution in [0.5, 0.6) is 0 Å². The number of carbonyl (C=O) groups excluding carboxylic acids is 1. The predicted octanol–water partition coefficient (Wildman–Crippen LogP) is 2.33. The smallest absolute Gasteiger partial charge is 0.276 e. The van der Waals surface area contributed by atoms with E-state index >= 15 is 0 Å². The molecular formula is C16H19N3O2. The molecule has 1 aromatic heterocycles. The van der Waals surface area contributed by atoms with Gasteiger partial charge < -0.3 is 5.32 Å². The summed E-state index contributed by atoms with van der Waals surface area (Å²) in [6, 6.07) is 10.4. The van der Waals surface area contributed by atoms with Gasteiger partial charge in [-0.2, -0.15) is 5.10 Å². The Morgan fingerprint density at radius 3 is 2.43 bits per heavy atom. The SMILES string of the molecule is Cn1nc(C(=O)Nc2ccccc2C(C)(C)C)ccc1=O. The first-order valence-electron chi connectivity index (χ1n) is 6.74. The number of anilines is 1. The summed E-state index contributed by atoms with van der Waals surface area (Å²) >= 11 is 0. The van der Waals surface area contributed by atoms with Crippen molar-refractivity contribution in [3.05, 3.63) is 58.0 Å². The second-order valence-corrected chi connectivity index (χ2v) is 5.93. The van der Waals surface area contributed by atoms with Crippen molar-refractivity contribution in [2.75, 3.05) is 5.32 Å². The molecule has 1 N–H and O–H groups in total. The maximum Gasteiger partial charge on any atom is 0.276 e. The van der Waals surface area contributed by atoms with Crippen LogP contribution < -0.4 is 10.9 Å². The Balaban J connectivity index is 2.32. The molecule has 5 nitrogen and oxygen atoms in total. The number of rotatable bonds is 2. The quantitative estimate of drug-likeness (QED) is 0.921. The minimum atomic E-state index is -0.331. The average molecular weight is 285 g/mol. The fourth-order valence-electron chi connectivity index (χ4n) is 2.06. The van der Waals surface area contributed by atoms with Gasteiger partial charge in [-0.3, -0.25) is 9.59 Å². The topological polar surface area (TPSA) is 64.0 Å². The molecule has 0 radical (unpaired) electrons. The van der Waals surface area contributed by atoms with E-state index < -0.39 is 0 Å². The molecule has 1 heterocycles. The molecule has 0 spiro atoms. The van der Waals surface area contributed by atoms with E-state index in [9.17, 15) is 9.59 Å². The van der Waals surface area contributed by atoms with Crippen LogP contribution in [0.25, 0.3) is 0 Å². The van der Waals surface area contributed by atoms with E-state index in [0.29, 0.717) is 0 Å². The second kappa shape index (κ2) is 5.52. The van der Waals surface area contributed by atoms with Crippen LogP contribution in [-0.4, -0.2) is 15.7 Å². The number of amides is 1. The molecular weight excluding hydrogens is 266 g/mol. The second-order valence-electron chi connectivity index (χ2n) is 5.93. The third kappa shape index (κ3) is 3.37. The first-order valence-corrected chi connectivity index (χ1v) is 6.74. The molecule has 0 aliphatic rings. The zero-order valence-corrected chi connectivity index (χ0v) is 12.7. The fraction of sp³-hybridized carbons (Fsp3) is 0.312. The Kier molecular flexibility index (Phi) is 3.93. The van der Waals surface area contributed by atoms with Gasteiger partial charge in [0.2, 0.25) is 0 Å². The highest BCUT2D eigenvalue weighted by atomic mass is 16.2. The number of carbonyl (C=O) groups is 1. The van der Waals surface area contributed by atoms with Crippen molar-refractivity contribution in [2.45, 2.75) is 26.2 Å². The average Bonchev–Trinajstić information content (AvgIpc) is 2.41. The highest BCUT2D eigenvalue weighted by molar-refractivity contribution is 6.03. The highest BCUT2D eigenvalue weighted by Gasteiger charge is 2.19. The number of nitrogens with one attached hydrogen (secondary N) is 1. The van der Waals surface area contributed by atoms with E-state index in [0.717, 1.165) is 15.9 Å². The maximum atomic E-state index is 12.3. The van der Waals surface area contributed by atoms with Gasteiger partial charge in [0.1, 0.15) is 5.69 Å². The monoisotopic (exact) mass is 285 g/mol. The van der Waals surface area contributed by atoms with E-state index in [2.05, 4.69) is 31.2 Å². The summed E-state index contributed by atoms with van der Waals surface area (Å²) in [6.45, 7) is 6.26. The van der Waals surface area contributed by atoms with Crippen LogP contribution in [0.15, 0.2) is 41.2 Å². The zero-order valence-electron chi connectivity index (χ0n) is 12.7. The van der Waals surface area contributed by atoms with Crippen molar-refractivity contribution < 1.29 is 4.79 Å². The summed E-state index contributed by atoms with van der Waals surface area (Å²) in [5, 5.41) is 6.82. The summed E-state index contributed by atoms with van der Waals surface area (Å²) in [6.07, 6.45) is 0. The van der Waals surface area contributed by atoms with Gasteiger partial charge in [0, 0.05) is 18.8 Å². The Morgan fingerprint density at radius 2 is 1.81 bits per heavy atom. The lowest BCUT2D eigenvalue weighted by Gasteiger charge is -2.22. The Bertz CT molecular complexity index is 727. The van der Waals surface area contributed by atoms with Crippen molar-refractivity contribution in [1.29, 1.82) is 0 Å². The van der Waals surface area contributed by atoms with Gasteiger partial charge in [-0.25, -0.2) is 4.68 Å². The van der Waals surface area contributed by atoms with Crippen molar-refractivity contribution in [3.63, 3.8) is 0 Å².